The van der Waals surface area contributed by atoms with Gasteiger partial charge in [0, 0.05) is 18.2 Å². The van der Waals surface area contributed by atoms with Gasteiger partial charge in [0.15, 0.2) is 0 Å². The molecule has 0 fully saturated rings. The first-order valence-corrected chi connectivity index (χ1v) is 3.94. The number of nitrogen functional groups attached to an aromatic ring is 1. The molecule has 1 aromatic rings. The SMILES string of the molecule is COc1ncc(N)cc1C(N)CN. The molecule has 1 heterocycles. The summed E-state index contributed by atoms with van der Waals surface area (Å²) in [5, 5.41) is 0. The van der Waals surface area contributed by atoms with E-state index in [-0.39, 0.29) is 6.04 Å². The Hall–Kier alpha value is -1.33. The summed E-state index contributed by atoms with van der Waals surface area (Å²) in [4.78, 5) is 3.98. The van der Waals surface area contributed by atoms with Crippen LogP contribution in [0.4, 0.5) is 5.69 Å². The van der Waals surface area contributed by atoms with E-state index in [0.29, 0.717) is 18.1 Å². The maximum atomic E-state index is 5.74. The number of aromatic nitrogens is 1. The van der Waals surface area contributed by atoms with Gasteiger partial charge in [-0.25, -0.2) is 4.98 Å². The van der Waals surface area contributed by atoms with Crippen molar-refractivity contribution in [3.63, 3.8) is 0 Å². The molecule has 0 aliphatic rings. The third-order valence-electron chi connectivity index (χ3n) is 1.75. The Labute approximate surface area is 76.9 Å². The molecule has 5 nitrogen and oxygen atoms in total. The maximum absolute atomic E-state index is 5.74. The largest absolute Gasteiger partial charge is 0.481 e. The first-order valence-electron chi connectivity index (χ1n) is 3.94. The van der Waals surface area contributed by atoms with Crippen LogP contribution in [0, 0.1) is 0 Å². The van der Waals surface area contributed by atoms with Crippen molar-refractivity contribution in [2.45, 2.75) is 6.04 Å². The van der Waals surface area contributed by atoms with Crippen LogP contribution < -0.4 is 21.9 Å². The molecule has 1 atom stereocenters. The number of hydrogen-bond acceptors (Lipinski definition) is 5. The minimum atomic E-state index is -0.286. The van der Waals surface area contributed by atoms with Crippen molar-refractivity contribution < 1.29 is 4.74 Å². The Morgan fingerprint density at radius 2 is 2.31 bits per heavy atom. The molecule has 1 unspecified atom stereocenters. The molecule has 1 aromatic heterocycles. The predicted octanol–water partition coefficient (Wildman–Crippen LogP) is -0.369. The number of pyridine rings is 1. The standard InChI is InChI=1S/C8H14N4O/c1-13-8-6(7(11)3-9)2-5(10)4-12-8/h2,4,7H,3,9-11H2,1H3. The summed E-state index contributed by atoms with van der Waals surface area (Å²) in [6, 6.07) is 1.44. The lowest BCUT2D eigenvalue weighted by molar-refractivity contribution is 0.389. The van der Waals surface area contributed by atoms with Gasteiger partial charge in [0.2, 0.25) is 5.88 Å². The predicted molar refractivity (Wildman–Crippen MR) is 51.2 cm³/mol. The average molecular weight is 182 g/mol. The smallest absolute Gasteiger partial charge is 0.218 e. The summed E-state index contributed by atoms with van der Waals surface area (Å²) in [5.74, 6) is 0.479. The third kappa shape index (κ3) is 2.07. The first-order chi connectivity index (χ1) is 6.19. The van der Waals surface area contributed by atoms with Gasteiger partial charge in [-0.05, 0) is 6.07 Å². The lowest BCUT2D eigenvalue weighted by Crippen LogP contribution is -2.21. The molecule has 0 radical (unpaired) electrons. The van der Waals surface area contributed by atoms with Crippen molar-refractivity contribution in [2.24, 2.45) is 11.5 Å². The number of anilines is 1. The minimum absolute atomic E-state index is 0.286. The van der Waals surface area contributed by atoms with E-state index in [9.17, 15) is 0 Å². The highest BCUT2D eigenvalue weighted by atomic mass is 16.5. The molecule has 72 valence electrons. The Morgan fingerprint density at radius 3 is 2.85 bits per heavy atom. The number of nitrogens with two attached hydrogens (primary N) is 3. The van der Waals surface area contributed by atoms with Crippen LogP contribution in [0.1, 0.15) is 11.6 Å². The van der Waals surface area contributed by atoms with Gasteiger partial charge in [-0.1, -0.05) is 0 Å². The fourth-order valence-electron chi connectivity index (χ4n) is 1.05. The number of hydrogen-bond donors (Lipinski definition) is 3. The van der Waals surface area contributed by atoms with Crippen molar-refractivity contribution >= 4 is 5.69 Å². The molecule has 5 heteroatoms. The topological polar surface area (TPSA) is 100 Å². The van der Waals surface area contributed by atoms with E-state index in [4.69, 9.17) is 21.9 Å². The Bertz CT molecular complexity index is 289. The number of nitrogens with zero attached hydrogens (tertiary/aromatic N) is 1. The molecule has 0 aliphatic carbocycles. The average Bonchev–Trinajstić information content (AvgIpc) is 2.16. The molecule has 0 spiro atoms. The fourth-order valence-corrected chi connectivity index (χ4v) is 1.05. The maximum Gasteiger partial charge on any atom is 0.218 e. The van der Waals surface area contributed by atoms with Crippen LogP contribution in [0.15, 0.2) is 12.3 Å². The van der Waals surface area contributed by atoms with Crippen molar-refractivity contribution in [1.82, 2.24) is 4.98 Å². The summed E-state index contributed by atoms with van der Waals surface area (Å²) in [6.07, 6.45) is 1.52. The Balaban J connectivity index is 3.07. The zero-order chi connectivity index (χ0) is 9.84. The van der Waals surface area contributed by atoms with Gasteiger partial charge < -0.3 is 21.9 Å². The van der Waals surface area contributed by atoms with Crippen LogP contribution in [-0.2, 0) is 0 Å². The van der Waals surface area contributed by atoms with Crippen molar-refractivity contribution in [2.75, 3.05) is 19.4 Å². The normalized spacial score (nSPS) is 12.5. The summed E-state index contributed by atoms with van der Waals surface area (Å²) < 4.78 is 5.02. The van der Waals surface area contributed by atoms with E-state index < -0.39 is 0 Å². The molecule has 1 rings (SSSR count). The van der Waals surface area contributed by atoms with Crippen LogP contribution in [-0.4, -0.2) is 18.6 Å². The second kappa shape index (κ2) is 4.06. The van der Waals surface area contributed by atoms with E-state index in [0.717, 1.165) is 5.56 Å². The number of ether oxygens (including phenoxy) is 1. The van der Waals surface area contributed by atoms with Crippen LogP contribution in [0.25, 0.3) is 0 Å². The van der Waals surface area contributed by atoms with Crippen molar-refractivity contribution in [3.05, 3.63) is 17.8 Å². The second-order valence-corrected chi connectivity index (χ2v) is 2.71. The number of methoxy groups -OCH3 is 1. The van der Waals surface area contributed by atoms with E-state index in [1.807, 2.05) is 0 Å². The molecule has 6 N–H and O–H groups in total. The van der Waals surface area contributed by atoms with E-state index in [1.54, 1.807) is 6.07 Å². The molecule has 0 saturated carbocycles. The fraction of sp³-hybridized carbons (Fsp3) is 0.375. The van der Waals surface area contributed by atoms with Gasteiger partial charge >= 0.3 is 0 Å². The van der Waals surface area contributed by atoms with Crippen molar-refractivity contribution in [1.29, 1.82) is 0 Å². The van der Waals surface area contributed by atoms with E-state index in [1.165, 1.54) is 13.3 Å². The van der Waals surface area contributed by atoms with Crippen LogP contribution in [0.3, 0.4) is 0 Å². The zero-order valence-corrected chi connectivity index (χ0v) is 7.53. The second-order valence-electron chi connectivity index (χ2n) is 2.71. The summed E-state index contributed by atoms with van der Waals surface area (Å²) >= 11 is 0. The highest BCUT2D eigenvalue weighted by Gasteiger charge is 2.11. The molecule has 13 heavy (non-hydrogen) atoms. The van der Waals surface area contributed by atoms with Gasteiger partial charge in [0.25, 0.3) is 0 Å². The molecule has 0 bridgehead atoms. The van der Waals surface area contributed by atoms with Gasteiger partial charge in [0.1, 0.15) is 0 Å². The van der Waals surface area contributed by atoms with E-state index in [2.05, 4.69) is 4.98 Å². The Morgan fingerprint density at radius 1 is 1.62 bits per heavy atom. The molecule has 0 aromatic carbocycles. The summed E-state index contributed by atoms with van der Waals surface area (Å²) in [6.45, 7) is 0.335. The first kappa shape index (κ1) is 9.76. The van der Waals surface area contributed by atoms with Gasteiger partial charge in [0.05, 0.1) is 19.0 Å². The van der Waals surface area contributed by atoms with Crippen LogP contribution >= 0.6 is 0 Å². The quantitative estimate of drug-likeness (QED) is 0.592. The zero-order valence-electron chi connectivity index (χ0n) is 7.53. The van der Waals surface area contributed by atoms with Crippen molar-refractivity contribution in [3.8, 4) is 5.88 Å². The summed E-state index contributed by atoms with van der Waals surface area (Å²) in [5.41, 5.74) is 18.0. The molecule has 0 aliphatic heterocycles. The monoisotopic (exact) mass is 182 g/mol. The highest BCUT2D eigenvalue weighted by Crippen LogP contribution is 2.22. The van der Waals surface area contributed by atoms with Gasteiger partial charge in [-0.3, -0.25) is 0 Å². The van der Waals surface area contributed by atoms with Gasteiger partial charge in [-0.2, -0.15) is 0 Å². The summed E-state index contributed by atoms with van der Waals surface area (Å²) in [7, 11) is 1.53. The highest BCUT2D eigenvalue weighted by molar-refractivity contribution is 5.43. The molecular formula is C8H14N4O. The minimum Gasteiger partial charge on any atom is -0.481 e. The Kier molecular flexibility index (Phi) is 3.05. The number of rotatable bonds is 3. The van der Waals surface area contributed by atoms with Crippen LogP contribution in [0.2, 0.25) is 0 Å². The molecule has 0 saturated heterocycles. The molecule has 0 amide bonds. The third-order valence-corrected chi connectivity index (χ3v) is 1.75. The van der Waals surface area contributed by atoms with Gasteiger partial charge in [-0.15, -0.1) is 0 Å². The van der Waals surface area contributed by atoms with E-state index >= 15 is 0 Å². The lowest BCUT2D eigenvalue weighted by Gasteiger charge is -2.12. The lowest BCUT2D eigenvalue weighted by atomic mass is 10.1. The molecular weight excluding hydrogens is 168 g/mol. The van der Waals surface area contributed by atoms with Crippen LogP contribution in [0.5, 0.6) is 5.88 Å².